The number of carbonyl (C=O) groups excluding carboxylic acids is 2. The van der Waals surface area contributed by atoms with E-state index in [0.29, 0.717) is 17.0 Å². The van der Waals surface area contributed by atoms with Gasteiger partial charge in [-0.05, 0) is 50.5 Å². The predicted octanol–water partition coefficient (Wildman–Crippen LogP) is 3.79. The number of fused-ring (bicyclic) bond motifs is 3. The van der Waals surface area contributed by atoms with Gasteiger partial charge >= 0.3 is 11.9 Å². The summed E-state index contributed by atoms with van der Waals surface area (Å²) in [4.78, 5) is 26.6. The van der Waals surface area contributed by atoms with E-state index in [1.807, 2.05) is 30.3 Å². The van der Waals surface area contributed by atoms with E-state index in [1.54, 1.807) is 17.9 Å². The van der Waals surface area contributed by atoms with Crippen LogP contribution in [0.25, 0.3) is 16.6 Å². The van der Waals surface area contributed by atoms with Gasteiger partial charge in [0, 0.05) is 24.7 Å². The number of anilines is 1. The molecule has 0 saturated carbocycles. The monoisotopic (exact) mass is 433 g/mol. The van der Waals surface area contributed by atoms with E-state index >= 15 is 0 Å². The summed E-state index contributed by atoms with van der Waals surface area (Å²) in [6, 6.07) is 11.3. The van der Waals surface area contributed by atoms with Crippen LogP contribution in [0.15, 0.2) is 48.6 Å². The lowest BCUT2D eigenvalue weighted by atomic mass is 10.0. The number of rotatable bonds is 3. The normalized spacial score (nSPS) is 19.6. The number of esters is 2. The molecule has 3 heterocycles. The molecule has 164 valence electrons. The van der Waals surface area contributed by atoms with Gasteiger partial charge in [0.25, 0.3) is 0 Å². The molecule has 0 bridgehead atoms. The second kappa shape index (κ2) is 8.03. The van der Waals surface area contributed by atoms with Crippen LogP contribution in [-0.4, -0.2) is 41.4 Å². The van der Waals surface area contributed by atoms with Crippen LogP contribution in [0.3, 0.4) is 0 Å². The lowest BCUT2D eigenvalue weighted by molar-refractivity contribution is -0.133. The van der Waals surface area contributed by atoms with Crippen molar-refractivity contribution in [2.24, 2.45) is 0 Å². The van der Waals surface area contributed by atoms with Crippen LogP contribution in [-0.2, 0) is 9.59 Å². The predicted molar refractivity (Wildman–Crippen MR) is 119 cm³/mol. The Morgan fingerprint density at radius 2 is 1.81 bits per heavy atom. The third kappa shape index (κ3) is 3.37. The molecule has 0 N–H and O–H groups in total. The van der Waals surface area contributed by atoms with E-state index in [9.17, 15) is 9.59 Å². The highest BCUT2D eigenvalue weighted by Crippen LogP contribution is 2.44. The Kier molecular flexibility index (Phi) is 5.05. The molecule has 0 radical (unpaired) electrons. The quantitative estimate of drug-likeness (QED) is 0.459. The molecule has 0 spiro atoms. The number of carbonyl (C=O) groups is 2. The SMILES string of the molecule is COc1ccccc1-n1nc(N2CCCCC2C)c2c3c(ccc21)OC(=O)/C=C/C(=O)O3. The molecule has 1 saturated heterocycles. The third-order valence-electron chi connectivity index (χ3n) is 5.90. The third-order valence-corrected chi connectivity index (χ3v) is 5.90. The average molecular weight is 433 g/mol. The topological polar surface area (TPSA) is 82.9 Å². The first-order valence-electron chi connectivity index (χ1n) is 10.6. The molecule has 1 atom stereocenters. The molecule has 1 unspecified atom stereocenters. The first-order chi connectivity index (χ1) is 15.6. The van der Waals surface area contributed by atoms with Crippen LogP contribution in [0.2, 0.25) is 0 Å². The lowest BCUT2D eigenvalue weighted by Crippen LogP contribution is -2.37. The van der Waals surface area contributed by atoms with Gasteiger partial charge in [-0.15, -0.1) is 5.10 Å². The fraction of sp³-hybridized carbons (Fsp3) is 0.292. The number of aromatic nitrogens is 2. The van der Waals surface area contributed by atoms with Gasteiger partial charge in [0.1, 0.15) is 11.4 Å². The molecule has 3 aromatic rings. The van der Waals surface area contributed by atoms with E-state index in [4.69, 9.17) is 19.3 Å². The molecule has 5 rings (SSSR count). The minimum Gasteiger partial charge on any atom is -0.494 e. The standard InChI is InChI=1S/C24H23N3O5/c1-15-7-5-6-14-26(15)24-22-17(27(25-24)16-8-3-4-9-18(16)30-2)10-11-19-23(22)32-21(29)13-12-20(28)31-19/h3-4,8-13,15H,5-7,14H2,1-2H3/b13-12+. The Hall–Kier alpha value is -3.81. The zero-order valence-electron chi connectivity index (χ0n) is 17.9. The number of hydrogen-bond donors (Lipinski definition) is 0. The summed E-state index contributed by atoms with van der Waals surface area (Å²) in [6.45, 7) is 2.99. The minimum atomic E-state index is -0.641. The summed E-state index contributed by atoms with van der Waals surface area (Å²) in [5.74, 6) is 0.451. The largest absolute Gasteiger partial charge is 0.494 e. The molecule has 2 aliphatic heterocycles. The zero-order chi connectivity index (χ0) is 22.2. The minimum absolute atomic E-state index is 0.186. The summed E-state index contributed by atoms with van der Waals surface area (Å²) in [7, 11) is 1.61. The van der Waals surface area contributed by atoms with Crippen molar-refractivity contribution >= 4 is 28.7 Å². The van der Waals surface area contributed by atoms with Gasteiger partial charge in [-0.1, -0.05) is 12.1 Å². The first-order valence-corrected chi connectivity index (χ1v) is 10.6. The number of hydrogen-bond acceptors (Lipinski definition) is 7. The number of methoxy groups -OCH3 is 1. The van der Waals surface area contributed by atoms with Crippen molar-refractivity contribution in [2.45, 2.75) is 32.2 Å². The highest BCUT2D eigenvalue weighted by molar-refractivity contribution is 6.03. The van der Waals surface area contributed by atoms with Crippen molar-refractivity contribution in [1.29, 1.82) is 0 Å². The van der Waals surface area contributed by atoms with E-state index in [2.05, 4.69) is 11.8 Å². The van der Waals surface area contributed by atoms with Crippen LogP contribution in [0.1, 0.15) is 26.2 Å². The van der Waals surface area contributed by atoms with Gasteiger partial charge in [0.2, 0.25) is 0 Å². The van der Waals surface area contributed by atoms with Crippen molar-refractivity contribution in [3.63, 3.8) is 0 Å². The van der Waals surface area contributed by atoms with Gasteiger partial charge in [0.05, 0.1) is 18.0 Å². The van der Waals surface area contributed by atoms with E-state index < -0.39 is 11.9 Å². The van der Waals surface area contributed by atoms with Crippen LogP contribution >= 0.6 is 0 Å². The maximum atomic E-state index is 12.3. The van der Waals surface area contributed by atoms with Crippen molar-refractivity contribution in [3.05, 3.63) is 48.6 Å². The molecule has 0 amide bonds. The molecule has 8 heteroatoms. The number of ether oxygens (including phenoxy) is 3. The highest BCUT2D eigenvalue weighted by atomic mass is 16.6. The highest BCUT2D eigenvalue weighted by Gasteiger charge is 2.30. The number of benzene rings is 2. The molecule has 32 heavy (non-hydrogen) atoms. The average Bonchev–Trinajstić information content (AvgIpc) is 3.18. The molecular weight excluding hydrogens is 410 g/mol. The summed E-state index contributed by atoms with van der Waals surface area (Å²) < 4.78 is 18.4. The number of piperidine rings is 1. The fourth-order valence-corrected chi connectivity index (χ4v) is 4.34. The van der Waals surface area contributed by atoms with Crippen LogP contribution < -0.4 is 19.1 Å². The lowest BCUT2D eigenvalue weighted by Gasteiger charge is -2.34. The number of para-hydroxylation sites is 2. The van der Waals surface area contributed by atoms with Crippen LogP contribution in [0.5, 0.6) is 17.2 Å². The maximum absolute atomic E-state index is 12.3. The zero-order valence-corrected chi connectivity index (χ0v) is 17.9. The van der Waals surface area contributed by atoms with Crippen LogP contribution in [0, 0.1) is 0 Å². The Morgan fingerprint density at radius 3 is 2.59 bits per heavy atom. The molecule has 0 aliphatic carbocycles. The van der Waals surface area contributed by atoms with E-state index in [1.165, 1.54) is 0 Å². The van der Waals surface area contributed by atoms with Crippen molar-refractivity contribution in [2.75, 3.05) is 18.6 Å². The van der Waals surface area contributed by atoms with Gasteiger partial charge in [-0.3, -0.25) is 0 Å². The first kappa shape index (κ1) is 20.1. The summed E-state index contributed by atoms with van der Waals surface area (Å²) in [5.41, 5.74) is 1.47. The summed E-state index contributed by atoms with van der Waals surface area (Å²) in [5, 5.41) is 5.58. The maximum Gasteiger partial charge on any atom is 0.336 e. The molecule has 1 aromatic heterocycles. The Bertz CT molecular complexity index is 1250. The smallest absolute Gasteiger partial charge is 0.336 e. The van der Waals surface area contributed by atoms with Crippen molar-refractivity contribution in [1.82, 2.24) is 9.78 Å². The van der Waals surface area contributed by atoms with Crippen molar-refractivity contribution in [3.8, 4) is 22.9 Å². The molecular formula is C24H23N3O5. The Balaban J connectivity index is 1.81. The van der Waals surface area contributed by atoms with Gasteiger partial charge in [0.15, 0.2) is 17.3 Å². The van der Waals surface area contributed by atoms with Gasteiger partial charge in [-0.2, -0.15) is 0 Å². The van der Waals surface area contributed by atoms with Crippen LogP contribution in [0.4, 0.5) is 5.82 Å². The second-order valence-electron chi connectivity index (χ2n) is 7.91. The summed E-state index contributed by atoms with van der Waals surface area (Å²) in [6.07, 6.45) is 5.35. The summed E-state index contributed by atoms with van der Waals surface area (Å²) >= 11 is 0. The van der Waals surface area contributed by atoms with E-state index in [-0.39, 0.29) is 17.5 Å². The van der Waals surface area contributed by atoms with Crippen molar-refractivity contribution < 1.29 is 23.8 Å². The van der Waals surface area contributed by atoms with Gasteiger partial charge in [-0.25, -0.2) is 14.3 Å². The Morgan fingerprint density at radius 1 is 1.03 bits per heavy atom. The van der Waals surface area contributed by atoms with E-state index in [0.717, 1.165) is 49.2 Å². The molecule has 2 aliphatic rings. The molecule has 1 fully saturated rings. The molecule has 2 aromatic carbocycles. The Labute approximate surface area is 185 Å². The second-order valence-corrected chi connectivity index (χ2v) is 7.91. The van der Waals surface area contributed by atoms with Gasteiger partial charge < -0.3 is 19.1 Å². The fourth-order valence-electron chi connectivity index (χ4n) is 4.34. The molecule has 8 nitrogen and oxygen atoms in total. The number of nitrogens with zero attached hydrogens (tertiary/aromatic N) is 3.